The number of nitrogens with zero attached hydrogens (tertiary/aromatic N) is 6. The normalized spacial score (nSPS) is 13.4. The number of alkyl halides is 1. The first kappa shape index (κ1) is 23.8. The molecule has 2 atom stereocenters. The number of tetrazole rings is 1. The highest BCUT2D eigenvalue weighted by molar-refractivity contribution is 7.98. The van der Waals surface area contributed by atoms with Gasteiger partial charge in [0.1, 0.15) is 16.9 Å². The molecule has 1 aromatic carbocycles. The number of aromatic nitrogens is 6. The number of benzene rings is 1. The summed E-state index contributed by atoms with van der Waals surface area (Å²) in [5.41, 5.74) is 2.78. The van der Waals surface area contributed by atoms with Crippen LogP contribution in [0.3, 0.4) is 0 Å². The lowest BCUT2D eigenvalue weighted by molar-refractivity contribution is 0.414. The summed E-state index contributed by atoms with van der Waals surface area (Å²) in [6.45, 7) is 5.26. The second kappa shape index (κ2) is 11.2. The van der Waals surface area contributed by atoms with Gasteiger partial charge in [0.05, 0.1) is 25.9 Å². The number of ether oxygens (including phenoxy) is 1. The molecule has 0 saturated heterocycles. The fourth-order valence-corrected chi connectivity index (χ4v) is 4.29. The molecule has 1 N–H and O–H groups in total. The van der Waals surface area contributed by atoms with Crippen LogP contribution in [0.2, 0.25) is 5.15 Å². The first-order valence-electron chi connectivity index (χ1n) is 9.93. The number of aryl methyl sites for hydroxylation is 3. The quantitative estimate of drug-likeness (QED) is 0.414. The van der Waals surface area contributed by atoms with E-state index < -0.39 is 0 Å². The van der Waals surface area contributed by atoms with Gasteiger partial charge in [-0.2, -0.15) is 16.9 Å². The van der Waals surface area contributed by atoms with E-state index >= 15 is 0 Å². The van der Waals surface area contributed by atoms with E-state index in [2.05, 4.69) is 39.1 Å². The number of nitrogens with one attached hydrogen (secondary N) is 1. The van der Waals surface area contributed by atoms with Crippen LogP contribution in [-0.4, -0.2) is 55.0 Å². The molecule has 1 unspecified atom stereocenters. The zero-order chi connectivity index (χ0) is 22.4. The van der Waals surface area contributed by atoms with Crippen molar-refractivity contribution in [2.75, 3.05) is 25.0 Å². The molecule has 0 spiro atoms. The number of hydrogen-bond donors (Lipinski definition) is 1. The van der Waals surface area contributed by atoms with E-state index in [0.29, 0.717) is 29.9 Å². The average molecular weight is 484 g/mol. The Morgan fingerprint density at radius 1 is 1.19 bits per heavy atom. The third-order valence-corrected chi connectivity index (χ3v) is 6.21. The van der Waals surface area contributed by atoms with Crippen LogP contribution in [0.5, 0.6) is 5.75 Å². The SMILES string of the molecule is COc1ccc([C@H](C)NC(c2c(C)nn(CCCl)c2Cl)c2nnnn2CCSC)cc1. The van der Waals surface area contributed by atoms with E-state index in [0.717, 1.165) is 28.3 Å². The maximum atomic E-state index is 6.75. The van der Waals surface area contributed by atoms with Crippen LogP contribution in [0, 0.1) is 6.92 Å². The molecule has 0 aliphatic carbocycles. The van der Waals surface area contributed by atoms with E-state index in [1.807, 2.05) is 35.9 Å². The molecular weight excluding hydrogens is 457 g/mol. The Morgan fingerprint density at radius 2 is 1.94 bits per heavy atom. The lowest BCUT2D eigenvalue weighted by Crippen LogP contribution is -2.29. The van der Waals surface area contributed by atoms with Crippen molar-refractivity contribution in [3.05, 3.63) is 52.1 Å². The molecule has 0 aliphatic rings. The smallest absolute Gasteiger partial charge is 0.173 e. The van der Waals surface area contributed by atoms with Gasteiger partial charge in [-0.05, 0) is 48.2 Å². The Kier molecular flexibility index (Phi) is 8.59. The molecule has 0 radical (unpaired) electrons. The maximum Gasteiger partial charge on any atom is 0.173 e. The van der Waals surface area contributed by atoms with Crippen molar-refractivity contribution in [2.24, 2.45) is 0 Å². The Balaban J connectivity index is 2.00. The monoisotopic (exact) mass is 483 g/mol. The molecule has 0 amide bonds. The van der Waals surface area contributed by atoms with Crippen molar-refractivity contribution in [1.82, 2.24) is 35.3 Å². The Morgan fingerprint density at radius 3 is 2.58 bits per heavy atom. The predicted octanol–water partition coefficient (Wildman–Crippen LogP) is 3.88. The van der Waals surface area contributed by atoms with Crippen LogP contribution in [0.25, 0.3) is 0 Å². The van der Waals surface area contributed by atoms with Gasteiger partial charge in [0.2, 0.25) is 0 Å². The summed E-state index contributed by atoms with van der Waals surface area (Å²) < 4.78 is 8.82. The molecule has 168 valence electrons. The number of methoxy groups -OCH3 is 1. The zero-order valence-corrected chi connectivity index (χ0v) is 20.4. The summed E-state index contributed by atoms with van der Waals surface area (Å²) in [4.78, 5) is 0. The van der Waals surface area contributed by atoms with Crippen LogP contribution in [0.1, 0.15) is 41.7 Å². The summed E-state index contributed by atoms with van der Waals surface area (Å²) in [5, 5.41) is 21.3. The first-order chi connectivity index (χ1) is 15.0. The van der Waals surface area contributed by atoms with Crippen molar-refractivity contribution in [3.8, 4) is 5.75 Å². The zero-order valence-electron chi connectivity index (χ0n) is 18.0. The van der Waals surface area contributed by atoms with Crippen molar-refractivity contribution >= 4 is 35.0 Å². The standard InChI is InChI=1S/C20H27Cl2N7OS/c1-13(15-5-7-16(30-3)8-6-15)23-18(20-24-26-27-29(20)11-12-31-4)17-14(2)25-28(10-9-21)19(17)22/h5-8,13,18,23H,9-12H2,1-4H3/t13-,18?/m0/s1. The molecule has 2 heterocycles. The van der Waals surface area contributed by atoms with Crippen LogP contribution in [0.4, 0.5) is 0 Å². The summed E-state index contributed by atoms with van der Waals surface area (Å²) in [6, 6.07) is 7.62. The lowest BCUT2D eigenvalue weighted by Gasteiger charge is -2.23. The molecule has 0 saturated carbocycles. The minimum atomic E-state index is -0.342. The molecule has 0 bridgehead atoms. The maximum absolute atomic E-state index is 6.75. The van der Waals surface area contributed by atoms with Gasteiger partial charge in [-0.1, -0.05) is 23.7 Å². The molecular formula is C20H27Cl2N7OS. The van der Waals surface area contributed by atoms with Gasteiger partial charge in [0.25, 0.3) is 0 Å². The topological polar surface area (TPSA) is 82.7 Å². The van der Waals surface area contributed by atoms with Crippen LogP contribution in [0.15, 0.2) is 24.3 Å². The Bertz CT molecular complexity index is 977. The van der Waals surface area contributed by atoms with Gasteiger partial charge >= 0.3 is 0 Å². The van der Waals surface area contributed by atoms with Gasteiger partial charge < -0.3 is 4.74 Å². The predicted molar refractivity (Wildman–Crippen MR) is 125 cm³/mol. The first-order valence-corrected chi connectivity index (χ1v) is 12.2. The number of thioether (sulfide) groups is 1. The van der Waals surface area contributed by atoms with Gasteiger partial charge in [-0.15, -0.1) is 16.7 Å². The fraction of sp³-hybridized carbons (Fsp3) is 0.500. The van der Waals surface area contributed by atoms with Crippen molar-refractivity contribution in [2.45, 2.75) is 39.0 Å². The molecule has 2 aromatic heterocycles. The molecule has 8 nitrogen and oxygen atoms in total. The molecule has 31 heavy (non-hydrogen) atoms. The van der Waals surface area contributed by atoms with E-state index in [4.69, 9.17) is 27.9 Å². The van der Waals surface area contributed by atoms with E-state index in [-0.39, 0.29) is 12.1 Å². The van der Waals surface area contributed by atoms with Gasteiger partial charge in [0, 0.05) is 23.2 Å². The van der Waals surface area contributed by atoms with Gasteiger partial charge in [-0.3, -0.25) is 10.00 Å². The van der Waals surface area contributed by atoms with Gasteiger partial charge in [0.15, 0.2) is 5.82 Å². The number of hydrogen-bond acceptors (Lipinski definition) is 7. The highest BCUT2D eigenvalue weighted by atomic mass is 35.5. The molecule has 3 aromatic rings. The second-order valence-corrected chi connectivity index (χ2v) is 8.77. The largest absolute Gasteiger partial charge is 0.497 e. The minimum Gasteiger partial charge on any atom is -0.497 e. The summed E-state index contributed by atoms with van der Waals surface area (Å²) in [7, 11) is 1.66. The number of halogens is 2. The molecule has 0 aliphatic heterocycles. The molecule has 11 heteroatoms. The molecule has 3 rings (SSSR count). The van der Waals surface area contributed by atoms with E-state index in [1.54, 1.807) is 23.6 Å². The summed E-state index contributed by atoms with van der Waals surface area (Å²) in [6.07, 6.45) is 2.06. The van der Waals surface area contributed by atoms with Crippen LogP contribution in [-0.2, 0) is 13.1 Å². The highest BCUT2D eigenvalue weighted by Crippen LogP contribution is 2.32. The third kappa shape index (κ3) is 5.52. The van der Waals surface area contributed by atoms with Crippen molar-refractivity contribution in [3.63, 3.8) is 0 Å². The molecule has 0 fully saturated rings. The number of rotatable bonds is 11. The van der Waals surface area contributed by atoms with Crippen molar-refractivity contribution in [1.29, 1.82) is 0 Å². The summed E-state index contributed by atoms with van der Waals surface area (Å²) in [5.74, 6) is 2.84. The van der Waals surface area contributed by atoms with Crippen LogP contribution >= 0.6 is 35.0 Å². The summed E-state index contributed by atoms with van der Waals surface area (Å²) >= 11 is 14.4. The third-order valence-electron chi connectivity index (χ3n) is 5.05. The van der Waals surface area contributed by atoms with Crippen molar-refractivity contribution < 1.29 is 4.74 Å². The van der Waals surface area contributed by atoms with Gasteiger partial charge in [-0.25, -0.2) is 4.68 Å². The van der Waals surface area contributed by atoms with E-state index in [9.17, 15) is 0 Å². The lowest BCUT2D eigenvalue weighted by atomic mass is 10.0. The highest BCUT2D eigenvalue weighted by Gasteiger charge is 2.30. The van der Waals surface area contributed by atoms with E-state index in [1.165, 1.54) is 0 Å². The average Bonchev–Trinajstić information content (AvgIpc) is 3.35. The Labute approximate surface area is 196 Å². The minimum absolute atomic E-state index is 0.00606. The fourth-order valence-electron chi connectivity index (χ4n) is 3.40. The second-order valence-electron chi connectivity index (χ2n) is 7.05. The van der Waals surface area contributed by atoms with Crippen LogP contribution < -0.4 is 10.1 Å². The Hall–Kier alpha value is -1.81.